The van der Waals surface area contributed by atoms with E-state index in [-0.39, 0.29) is 16.8 Å². The fraction of sp³-hybridized carbons (Fsp3) is 0.417. The lowest BCUT2D eigenvalue weighted by Gasteiger charge is -2.29. The molecule has 3 heterocycles. The lowest BCUT2D eigenvalue weighted by atomic mass is 9.81. The summed E-state index contributed by atoms with van der Waals surface area (Å²) in [5, 5.41) is 24.3. The van der Waals surface area contributed by atoms with Crippen LogP contribution in [0.3, 0.4) is 0 Å². The highest BCUT2D eigenvalue weighted by Gasteiger charge is 2.35. The number of carboxylic acid groups (broad SMARTS) is 1. The number of fused-ring (bicyclic) bond motifs is 1. The molecule has 2 aliphatic heterocycles. The van der Waals surface area contributed by atoms with Gasteiger partial charge in [-0.3, -0.25) is 14.9 Å². The molecule has 1 unspecified atom stereocenters. The number of piperidine rings is 1. The highest BCUT2D eigenvalue weighted by molar-refractivity contribution is 5.93. The van der Waals surface area contributed by atoms with Gasteiger partial charge >= 0.3 is 5.97 Å². The summed E-state index contributed by atoms with van der Waals surface area (Å²) in [7, 11) is 0. The van der Waals surface area contributed by atoms with Gasteiger partial charge in [-0.2, -0.15) is 0 Å². The van der Waals surface area contributed by atoms with E-state index in [1.54, 1.807) is 29.8 Å². The number of aryl methyl sites for hydroxylation is 1. The summed E-state index contributed by atoms with van der Waals surface area (Å²) in [6.07, 6.45) is 6.23. The molecule has 0 amide bonds. The van der Waals surface area contributed by atoms with E-state index in [9.17, 15) is 24.8 Å². The Morgan fingerprint density at radius 3 is 2.67 bits per heavy atom. The second-order valence-electron chi connectivity index (χ2n) is 8.65. The number of pyridine rings is 1. The maximum Gasteiger partial charge on any atom is 0.334 e. The van der Waals surface area contributed by atoms with Gasteiger partial charge < -0.3 is 19.9 Å². The zero-order valence-electron chi connectivity index (χ0n) is 18.6. The Morgan fingerprint density at radius 1 is 1.21 bits per heavy atom. The smallest absolute Gasteiger partial charge is 0.334 e. The predicted octanol–water partition coefficient (Wildman–Crippen LogP) is 3.55. The van der Waals surface area contributed by atoms with E-state index in [1.165, 1.54) is 37.5 Å². The van der Waals surface area contributed by atoms with Crippen molar-refractivity contribution in [1.82, 2.24) is 9.47 Å². The average molecular weight is 453 g/mol. The van der Waals surface area contributed by atoms with Crippen LogP contribution in [0.25, 0.3) is 0 Å². The fourth-order valence-electron chi connectivity index (χ4n) is 4.87. The van der Waals surface area contributed by atoms with E-state index in [0.29, 0.717) is 29.1 Å². The number of likely N-dealkylation sites (tertiary alicyclic amines) is 1. The van der Waals surface area contributed by atoms with Gasteiger partial charge in [0.05, 0.1) is 22.0 Å². The summed E-state index contributed by atoms with van der Waals surface area (Å²) in [6, 6.07) is 7.64. The largest absolute Gasteiger partial charge is 0.478 e. The normalized spacial score (nSPS) is 18.5. The number of aromatic nitrogens is 1. The van der Waals surface area contributed by atoms with Crippen molar-refractivity contribution in [1.29, 1.82) is 0 Å². The highest BCUT2D eigenvalue weighted by atomic mass is 16.6. The molecule has 174 valence electrons. The number of nitro benzene ring substituents is 1. The predicted molar refractivity (Wildman–Crippen MR) is 125 cm³/mol. The van der Waals surface area contributed by atoms with Gasteiger partial charge in [0, 0.05) is 36.3 Å². The van der Waals surface area contributed by atoms with Crippen molar-refractivity contribution in [2.24, 2.45) is 0 Å². The summed E-state index contributed by atoms with van der Waals surface area (Å²) in [6.45, 7) is 5.25. The number of hydrogen-bond donors (Lipinski definition) is 2. The Labute approximate surface area is 191 Å². The second kappa shape index (κ2) is 9.58. The third kappa shape index (κ3) is 4.68. The van der Waals surface area contributed by atoms with Crippen LogP contribution in [0, 0.1) is 10.1 Å². The number of nitrogens with zero attached hydrogens (tertiary/aromatic N) is 3. The lowest BCUT2D eigenvalue weighted by Crippen LogP contribution is -2.34. The lowest BCUT2D eigenvalue weighted by molar-refractivity contribution is -0.384. The fourth-order valence-corrected chi connectivity index (χ4v) is 4.87. The molecule has 0 saturated carbocycles. The Morgan fingerprint density at radius 2 is 1.97 bits per heavy atom. The molecule has 1 aromatic carbocycles. The molecule has 2 N–H and O–H groups in total. The first-order chi connectivity index (χ1) is 15.9. The van der Waals surface area contributed by atoms with Gasteiger partial charge in [-0.25, -0.2) is 4.79 Å². The zero-order valence-corrected chi connectivity index (χ0v) is 18.6. The zero-order chi connectivity index (χ0) is 23.5. The van der Waals surface area contributed by atoms with E-state index in [0.717, 1.165) is 26.1 Å². The molecule has 1 aromatic heterocycles. The van der Waals surface area contributed by atoms with Crippen LogP contribution in [0.1, 0.15) is 49.7 Å². The number of allylic oxidation sites excluding steroid dienone is 1. The monoisotopic (exact) mass is 452 g/mol. The molecule has 0 bridgehead atoms. The second-order valence-corrected chi connectivity index (χ2v) is 8.65. The van der Waals surface area contributed by atoms with E-state index >= 15 is 0 Å². The summed E-state index contributed by atoms with van der Waals surface area (Å²) in [4.78, 5) is 38.9. The molecule has 0 radical (unpaired) electrons. The molecule has 2 aromatic rings. The first-order valence-electron chi connectivity index (χ1n) is 11.3. The van der Waals surface area contributed by atoms with Gasteiger partial charge in [0.2, 0.25) is 0 Å². The van der Waals surface area contributed by atoms with Gasteiger partial charge in [-0.1, -0.05) is 18.6 Å². The van der Waals surface area contributed by atoms with E-state index < -0.39 is 16.8 Å². The minimum absolute atomic E-state index is 0.0196. The van der Waals surface area contributed by atoms with Crippen LogP contribution in [0.2, 0.25) is 0 Å². The van der Waals surface area contributed by atoms with Crippen molar-refractivity contribution in [2.45, 2.75) is 45.1 Å². The average Bonchev–Trinajstić information content (AvgIpc) is 2.80. The Bertz CT molecular complexity index is 1160. The molecular formula is C24H28N4O5. The highest BCUT2D eigenvalue weighted by Crippen LogP contribution is 2.40. The topological polar surface area (TPSA) is 118 Å². The number of anilines is 1. The number of aliphatic carboxylic acids is 1. The first-order valence-corrected chi connectivity index (χ1v) is 11.3. The molecule has 9 heteroatoms. The van der Waals surface area contributed by atoms with Crippen LogP contribution in [0.5, 0.6) is 0 Å². The third-order valence-corrected chi connectivity index (χ3v) is 6.47. The van der Waals surface area contributed by atoms with E-state index in [1.807, 2.05) is 0 Å². The molecule has 4 rings (SSSR count). The molecule has 0 aliphatic carbocycles. The van der Waals surface area contributed by atoms with Gasteiger partial charge in [-0.05, 0) is 57.5 Å². The first kappa shape index (κ1) is 22.7. The maximum absolute atomic E-state index is 13.5. The molecule has 9 nitrogen and oxygen atoms in total. The van der Waals surface area contributed by atoms with Gasteiger partial charge in [-0.15, -0.1) is 0 Å². The van der Waals surface area contributed by atoms with Gasteiger partial charge in [0.25, 0.3) is 11.2 Å². The number of non-ortho nitro benzene ring substituents is 1. The van der Waals surface area contributed by atoms with Gasteiger partial charge in [0.1, 0.15) is 0 Å². The standard InChI is InChI=1S/C24H28N4O5/c1-16-20(24(30)31)21(17-7-5-8-18(15-17)28(32)33)22-19(25-16)9-14-27(23(22)29)13-6-12-26-10-3-2-4-11-26/h5,7-9,14-15,21,25H,2-4,6,10-13H2,1H3,(H,30,31). The molecule has 1 fully saturated rings. The third-order valence-electron chi connectivity index (χ3n) is 6.47. The van der Waals surface area contributed by atoms with Crippen molar-refractivity contribution < 1.29 is 14.8 Å². The van der Waals surface area contributed by atoms with Crippen molar-refractivity contribution in [3.63, 3.8) is 0 Å². The van der Waals surface area contributed by atoms with Crippen LogP contribution in [-0.2, 0) is 11.3 Å². The summed E-state index contributed by atoms with van der Waals surface area (Å²) in [5.41, 5.74) is 1.26. The summed E-state index contributed by atoms with van der Waals surface area (Å²) < 4.78 is 1.62. The van der Waals surface area contributed by atoms with Crippen LogP contribution in [0.4, 0.5) is 11.4 Å². The quantitative estimate of drug-likeness (QED) is 0.487. The van der Waals surface area contributed by atoms with Crippen molar-refractivity contribution >= 4 is 17.3 Å². The summed E-state index contributed by atoms with van der Waals surface area (Å²) >= 11 is 0. The molecular weight excluding hydrogens is 424 g/mol. The number of rotatable bonds is 7. The van der Waals surface area contributed by atoms with Crippen LogP contribution in [-0.4, -0.2) is 45.1 Å². The van der Waals surface area contributed by atoms with Crippen LogP contribution < -0.4 is 10.9 Å². The molecule has 0 spiro atoms. The SMILES string of the molecule is CC1=C(C(=O)O)C(c2cccc([N+](=O)[O-])c2)c2c(ccn(CCCN3CCCCC3)c2=O)N1. The number of nitrogens with one attached hydrogen (secondary N) is 1. The maximum atomic E-state index is 13.5. The van der Waals surface area contributed by atoms with E-state index in [2.05, 4.69) is 10.2 Å². The number of benzene rings is 1. The van der Waals surface area contributed by atoms with Crippen molar-refractivity contribution in [3.05, 3.63) is 79.4 Å². The number of carboxylic acids is 1. The number of nitro groups is 1. The van der Waals surface area contributed by atoms with Crippen molar-refractivity contribution in [3.8, 4) is 0 Å². The van der Waals surface area contributed by atoms with Crippen molar-refractivity contribution in [2.75, 3.05) is 25.0 Å². The van der Waals surface area contributed by atoms with E-state index in [4.69, 9.17) is 0 Å². The Kier molecular flexibility index (Phi) is 6.60. The molecule has 33 heavy (non-hydrogen) atoms. The number of hydrogen-bond acceptors (Lipinski definition) is 6. The molecule has 2 aliphatic rings. The summed E-state index contributed by atoms with van der Waals surface area (Å²) in [5.74, 6) is -2.07. The minimum atomic E-state index is -1.16. The molecule has 1 atom stereocenters. The van der Waals surface area contributed by atoms with Crippen LogP contribution in [0.15, 0.2) is 52.6 Å². The van der Waals surface area contributed by atoms with Crippen LogP contribution >= 0.6 is 0 Å². The minimum Gasteiger partial charge on any atom is -0.478 e. The Hall–Kier alpha value is -3.46. The van der Waals surface area contributed by atoms with Gasteiger partial charge in [0.15, 0.2) is 0 Å². The Balaban J connectivity index is 1.71. The molecule has 1 saturated heterocycles. The number of carbonyl (C=O) groups is 1.